The molecule has 4 aromatic carbocycles. The fourth-order valence-electron chi connectivity index (χ4n) is 5.26. The number of carbonyl (C=O) groups is 2. The number of ether oxygens (including phenoxy) is 2. The number of fused-ring (bicyclic) bond motifs is 3. The Morgan fingerprint density at radius 3 is 2.22 bits per heavy atom. The molecule has 0 heterocycles. The fraction of sp³-hybridized carbons (Fsp3) is 0.257. The number of rotatable bonds is 9. The average molecular weight is 550 g/mol. The molecule has 1 amide bonds. The van der Waals surface area contributed by atoms with E-state index in [1.165, 1.54) is 16.0 Å². The van der Waals surface area contributed by atoms with Gasteiger partial charge in [0.05, 0.1) is 0 Å². The molecule has 1 N–H and O–H groups in total. The molecule has 0 saturated carbocycles. The van der Waals surface area contributed by atoms with Crippen LogP contribution in [0.4, 0.5) is 4.79 Å². The first-order valence-corrected chi connectivity index (χ1v) is 13.8. The summed E-state index contributed by atoms with van der Waals surface area (Å²) in [5.41, 5.74) is 6.92. The third-order valence-corrected chi connectivity index (χ3v) is 7.17. The van der Waals surface area contributed by atoms with Crippen molar-refractivity contribution in [3.05, 3.63) is 125 Å². The molecule has 41 heavy (non-hydrogen) atoms. The largest absolute Gasteiger partial charge is 0.488 e. The van der Waals surface area contributed by atoms with Crippen LogP contribution >= 0.6 is 0 Å². The van der Waals surface area contributed by atoms with Crippen LogP contribution in [0, 0.1) is 0 Å². The van der Waals surface area contributed by atoms with Crippen LogP contribution in [0.1, 0.15) is 48.6 Å². The highest BCUT2D eigenvalue weighted by Crippen LogP contribution is 2.38. The number of nitrogens with zero attached hydrogens (tertiary/aromatic N) is 1. The molecule has 6 nitrogen and oxygen atoms in total. The maximum absolute atomic E-state index is 13.6. The average Bonchev–Trinajstić information content (AvgIpc) is 3.33. The summed E-state index contributed by atoms with van der Waals surface area (Å²) in [7, 11) is 0. The molecule has 0 spiro atoms. The van der Waals surface area contributed by atoms with Crippen LogP contribution in [0.5, 0.6) is 5.75 Å². The molecule has 0 unspecified atom stereocenters. The lowest BCUT2D eigenvalue weighted by Gasteiger charge is -2.29. The number of aliphatic carboxylic acids is 1. The molecular formula is C35H35NO5. The molecule has 0 saturated heterocycles. The van der Waals surface area contributed by atoms with Crippen LogP contribution in [0.15, 0.2) is 97.1 Å². The third kappa shape index (κ3) is 6.77. The second kappa shape index (κ2) is 11.9. The Morgan fingerprint density at radius 1 is 0.829 bits per heavy atom. The van der Waals surface area contributed by atoms with Gasteiger partial charge in [0.25, 0.3) is 0 Å². The molecule has 0 aliphatic heterocycles. The molecule has 210 valence electrons. The quantitative estimate of drug-likeness (QED) is 0.209. The molecule has 0 bridgehead atoms. The minimum atomic E-state index is -1.12. The van der Waals surface area contributed by atoms with Crippen LogP contribution in [0.2, 0.25) is 0 Å². The minimum Gasteiger partial charge on any atom is -0.488 e. The van der Waals surface area contributed by atoms with Crippen molar-refractivity contribution in [3.63, 3.8) is 0 Å². The van der Waals surface area contributed by atoms with Crippen LogP contribution < -0.4 is 4.74 Å². The molecule has 0 aromatic heterocycles. The zero-order valence-corrected chi connectivity index (χ0v) is 23.7. The number of carboxylic acids is 1. The van der Waals surface area contributed by atoms with Gasteiger partial charge in [-0.25, -0.2) is 9.59 Å². The van der Waals surface area contributed by atoms with E-state index < -0.39 is 18.1 Å². The summed E-state index contributed by atoms with van der Waals surface area (Å²) in [6, 6.07) is 29.9. The number of carboxylic acid groups (broad SMARTS) is 1. The Hall–Kier alpha value is -4.58. The van der Waals surface area contributed by atoms with E-state index in [0.29, 0.717) is 5.75 Å². The molecule has 1 aliphatic carbocycles. The molecule has 6 heteroatoms. The van der Waals surface area contributed by atoms with Gasteiger partial charge in [-0.15, -0.1) is 0 Å². The summed E-state index contributed by atoms with van der Waals surface area (Å²) in [5.74, 6) is -0.393. The van der Waals surface area contributed by atoms with Crippen molar-refractivity contribution in [1.29, 1.82) is 0 Å². The monoisotopic (exact) mass is 549 g/mol. The van der Waals surface area contributed by atoms with E-state index in [2.05, 4.69) is 18.2 Å². The second-order valence-corrected chi connectivity index (χ2v) is 11.4. The summed E-state index contributed by atoms with van der Waals surface area (Å²) in [6.45, 7) is 6.08. The summed E-state index contributed by atoms with van der Waals surface area (Å²) in [6.07, 6.45) is 0.241. The second-order valence-electron chi connectivity index (χ2n) is 11.4. The molecule has 4 aromatic rings. The fourth-order valence-corrected chi connectivity index (χ4v) is 5.26. The lowest BCUT2D eigenvalue weighted by Crippen LogP contribution is -2.46. The third-order valence-electron chi connectivity index (χ3n) is 7.17. The lowest BCUT2D eigenvalue weighted by atomic mass is 10.0. The van der Waals surface area contributed by atoms with E-state index in [1.54, 1.807) is 0 Å². The van der Waals surface area contributed by atoms with E-state index in [-0.39, 0.29) is 25.2 Å². The zero-order valence-electron chi connectivity index (χ0n) is 23.7. The highest BCUT2D eigenvalue weighted by atomic mass is 16.6. The van der Waals surface area contributed by atoms with E-state index in [4.69, 9.17) is 9.47 Å². The van der Waals surface area contributed by atoms with Crippen molar-refractivity contribution in [2.24, 2.45) is 0 Å². The van der Waals surface area contributed by atoms with Gasteiger partial charge < -0.3 is 14.6 Å². The van der Waals surface area contributed by atoms with Crippen LogP contribution in [-0.2, 0) is 35.5 Å². The van der Waals surface area contributed by atoms with Crippen LogP contribution in [-0.4, -0.2) is 33.7 Å². The van der Waals surface area contributed by atoms with Gasteiger partial charge >= 0.3 is 12.1 Å². The topological polar surface area (TPSA) is 76.1 Å². The van der Waals surface area contributed by atoms with Gasteiger partial charge in [0, 0.05) is 13.0 Å². The van der Waals surface area contributed by atoms with Gasteiger partial charge in [-0.05, 0) is 78.3 Å². The van der Waals surface area contributed by atoms with Crippen LogP contribution in [0.3, 0.4) is 0 Å². The predicted molar refractivity (Wildman–Crippen MR) is 159 cm³/mol. The van der Waals surface area contributed by atoms with E-state index >= 15 is 0 Å². The molecular weight excluding hydrogens is 514 g/mol. The van der Waals surface area contributed by atoms with Crippen molar-refractivity contribution in [2.75, 3.05) is 0 Å². The van der Waals surface area contributed by atoms with E-state index in [0.717, 1.165) is 34.2 Å². The summed E-state index contributed by atoms with van der Waals surface area (Å²) >= 11 is 0. The van der Waals surface area contributed by atoms with Crippen molar-refractivity contribution in [2.45, 2.75) is 58.4 Å². The zero-order chi connectivity index (χ0) is 29.0. The first kappa shape index (κ1) is 28.0. The van der Waals surface area contributed by atoms with Crippen molar-refractivity contribution >= 4 is 12.1 Å². The van der Waals surface area contributed by atoms with Gasteiger partial charge in [-0.3, -0.25) is 4.90 Å². The van der Waals surface area contributed by atoms with Gasteiger partial charge in [0.2, 0.25) is 0 Å². The lowest BCUT2D eigenvalue weighted by molar-refractivity contribution is -0.143. The Labute approximate surface area is 241 Å². The van der Waals surface area contributed by atoms with E-state index in [1.807, 2.05) is 99.6 Å². The summed E-state index contributed by atoms with van der Waals surface area (Å²) < 4.78 is 11.7. The molecule has 0 radical (unpaired) electrons. The van der Waals surface area contributed by atoms with Crippen LogP contribution in [0.25, 0.3) is 11.1 Å². The number of carbonyl (C=O) groups excluding carboxylic acids is 1. The molecule has 1 atom stereocenters. The van der Waals surface area contributed by atoms with Gasteiger partial charge in [-0.2, -0.15) is 0 Å². The Bertz CT molecular complexity index is 1520. The van der Waals surface area contributed by atoms with Gasteiger partial charge in [0.15, 0.2) is 0 Å². The molecule has 0 fully saturated rings. The Morgan fingerprint density at radius 2 is 1.51 bits per heavy atom. The van der Waals surface area contributed by atoms with Gasteiger partial charge in [-0.1, -0.05) is 84.9 Å². The first-order chi connectivity index (χ1) is 19.7. The Kier molecular flexibility index (Phi) is 8.11. The number of amides is 1. The molecule has 1 aliphatic rings. The minimum absolute atomic E-state index is 0.0620. The Balaban J connectivity index is 1.36. The van der Waals surface area contributed by atoms with Crippen molar-refractivity contribution in [1.82, 2.24) is 4.90 Å². The molecule has 5 rings (SSSR count). The van der Waals surface area contributed by atoms with Crippen molar-refractivity contribution in [3.8, 4) is 16.9 Å². The normalized spacial score (nSPS) is 12.7. The number of hydrogen-bond donors (Lipinski definition) is 1. The standard InChI is InChI=1S/C35H35NO5/c1-35(2,3)41-28-18-16-24(17-19-28)20-32(33(37)38)36(22-25-10-5-4-6-11-25)34(39)40-23-27-13-9-15-30-29-14-8-7-12-26(29)21-31(27)30/h4-19,32H,20-23H2,1-3H3,(H,37,38)/t32-/m0/s1. The number of hydrogen-bond acceptors (Lipinski definition) is 4. The maximum atomic E-state index is 13.6. The highest BCUT2D eigenvalue weighted by molar-refractivity contribution is 5.81. The van der Waals surface area contributed by atoms with Crippen molar-refractivity contribution < 1.29 is 24.2 Å². The SMILES string of the molecule is CC(C)(C)Oc1ccc(C[C@@H](C(=O)O)N(Cc2ccccc2)C(=O)OCc2cccc3c2Cc2ccccc2-3)cc1. The smallest absolute Gasteiger partial charge is 0.411 e. The number of benzene rings is 4. The maximum Gasteiger partial charge on any atom is 0.411 e. The van der Waals surface area contributed by atoms with Gasteiger partial charge in [0.1, 0.15) is 24.0 Å². The van der Waals surface area contributed by atoms with E-state index in [9.17, 15) is 14.7 Å². The predicted octanol–water partition coefficient (Wildman–Crippen LogP) is 7.27. The summed E-state index contributed by atoms with van der Waals surface area (Å²) in [5, 5.41) is 10.3. The summed E-state index contributed by atoms with van der Waals surface area (Å²) in [4.78, 5) is 27.5. The highest BCUT2D eigenvalue weighted by Gasteiger charge is 2.32. The first-order valence-electron chi connectivity index (χ1n) is 13.8.